The summed E-state index contributed by atoms with van der Waals surface area (Å²) in [6, 6.07) is 1.49. The maximum absolute atomic E-state index is 12.9. The van der Waals surface area contributed by atoms with Crippen LogP contribution in [-0.2, 0) is 9.53 Å². The molecule has 0 saturated carbocycles. The lowest BCUT2D eigenvalue weighted by atomic mass is 9.71. The largest absolute Gasteiger partial charge is 0.383 e. The predicted octanol–water partition coefficient (Wildman–Crippen LogP) is 1.10. The van der Waals surface area contributed by atoms with Gasteiger partial charge in [-0.2, -0.15) is 5.10 Å². The van der Waals surface area contributed by atoms with Gasteiger partial charge in [0.05, 0.1) is 12.0 Å². The molecule has 8 heteroatoms. The Labute approximate surface area is 152 Å². The van der Waals surface area contributed by atoms with Crippen LogP contribution in [0.25, 0.3) is 0 Å². The van der Waals surface area contributed by atoms with Crippen molar-refractivity contribution in [2.24, 2.45) is 5.41 Å². The van der Waals surface area contributed by atoms with Gasteiger partial charge in [0, 0.05) is 40.2 Å². The van der Waals surface area contributed by atoms with Gasteiger partial charge in [-0.3, -0.25) is 19.5 Å². The van der Waals surface area contributed by atoms with Gasteiger partial charge < -0.3 is 14.5 Å². The molecule has 2 amide bonds. The molecule has 0 bridgehead atoms. The standard InChI is InChI=1S/C18H26N4O4/c1-13(23)14-12-15(20-19-14)16(24)21-8-5-18(6-9-21)4-3-7-22(17(18)25)10-11-26-2/h12H,3-11H2,1-2H3,(H,19,20). The van der Waals surface area contributed by atoms with Gasteiger partial charge in [-0.15, -0.1) is 0 Å². The lowest BCUT2D eigenvalue weighted by Crippen LogP contribution is -2.54. The predicted molar refractivity (Wildman–Crippen MR) is 93.9 cm³/mol. The minimum atomic E-state index is -0.346. The number of ether oxygens (including phenoxy) is 1. The molecule has 0 aliphatic carbocycles. The van der Waals surface area contributed by atoms with E-state index in [9.17, 15) is 14.4 Å². The first kappa shape index (κ1) is 18.6. The molecule has 1 aromatic rings. The Bertz CT molecular complexity index is 691. The molecule has 0 unspecified atom stereocenters. The molecule has 2 aliphatic rings. The van der Waals surface area contributed by atoms with E-state index in [4.69, 9.17) is 4.74 Å². The molecule has 0 radical (unpaired) electrons. The second kappa shape index (κ2) is 7.57. The quantitative estimate of drug-likeness (QED) is 0.792. The first-order valence-corrected chi connectivity index (χ1v) is 9.11. The third-order valence-electron chi connectivity index (χ3n) is 5.57. The first-order valence-electron chi connectivity index (χ1n) is 9.11. The molecule has 0 atom stereocenters. The van der Waals surface area contributed by atoms with E-state index in [-0.39, 0.29) is 28.7 Å². The highest BCUT2D eigenvalue weighted by Gasteiger charge is 2.46. The number of methoxy groups -OCH3 is 1. The van der Waals surface area contributed by atoms with E-state index < -0.39 is 0 Å². The fourth-order valence-electron chi connectivity index (χ4n) is 3.95. The number of aromatic nitrogens is 2. The smallest absolute Gasteiger partial charge is 0.271 e. The van der Waals surface area contributed by atoms with E-state index in [2.05, 4.69) is 10.2 Å². The lowest BCUT2D eigenvalue weighted by molar-refractivity contribution is -0.150. The summed E-state index contributed by atoms with van der Waals surface area (Å²) in [4.78, 5) is 40.6. The molecular formula is C18H26N4O4. The highest BCUT2D eigenvalue weighted by molar-refractivity contribution is 5.97. The molecule has 8 nitrogen and oxygen atoms in total. The van der Waals surface area contributed by atoms with E-state index in [1.54, 1.807) is 12.0 Å². The number of ketones is 1. The number of carbonyl (C=O) groups excluding carboxylic acids is 3. The van der Waals surface area contributed by atoms with Gasteiger partial charge in [0.1, 0.15) is 11.4 Å². The minimum absolute atomic E-state index is 0.167. The minimum Gasteiger partial charge on any atom is -0.383 e. The van der Waals surface area contributed by atoms with Gasteiger partial charge in [0.15, 0.2) is 5.78 Å². The number of carbonyl (C=O) groups is 3. The van der Waals surface area contributed by atoms with Crippen LogP contribution in [0.3, 0.4) is 0 Å². The van der Waals surface area contributed by atoms with Crippen molar-refractivity contribution in [3.05, 3.63) is 17.5 Å². The van der Waals surface area contributed by atoms with Crippen molar-refractivity contribution in [1.29, 1.82) is 0 Å². The summed E-state index contributed by atoms with van der Waals surface area (Å²) in [5, 5.41) is 6.51. The van der Waals surface area contributed by atoms with Crippen molar-refractivity contribution in [1.82, 2.24) is 20.0 Å². The lowest BCUT2D eigenvalue weighted by Gasteiger charge is -2.46. The zero-order valence-electron chi connectivity index (χ0n) is 15.4. The van der Waals surface area contributed by atoms with Crippen LogP contribution in [0, 0.1) is 5.41 Å². The molecule has 1 aromatic heterocycles. The summed E-state index contributed by atoms with van der Waals surface area (Å²) in [6.07, 6.45) is 3.23. The van der Waals surface area contributed by atoms with Crippen molar-refractivity contribution in [3.63, 3.8) is 0 Å². The summed E-state index contributed by atoms with van der Waals surface area (Å²) in [7, 11) is 1.64. The number of amides is 2. The van der Waals surface area contributed by atoms with Crippen LogP contribution in [0.1, 0.15) is 53.6 Å². The molecule has 2 aliphatic heterocycles. The highest BCUT2D eigenvalue weighted by Crippen LogP contribution is 2.41. The second-order valence-electron chi connectivity index (χ2n) is 7.18. The number of Topliss-reactive ketones (excluding diaryl/α,β-unsaturated/α-hetero) is 1. The maximum atomic E-state index is 12.9. The normalized spacial score (nSPS) is 19.8. The van der Waals surface area contributed by atoms with E-state index in [0.29, 0.717) is 44.8 Å². The van der Waals surface area contributed by atoms with E-state index in [1.807, 2.05) is 4.90 Å². The second-order valence-corrected chi connectivity index (χ2v) is 7.18. The Kier molecular flexibility index (Phi) is 5.41. The number of aromatic amines is 1. The van der Waals surface area contributed by atoms with Crippen LogP contribution >= 0.6 is 0 Å². The number of hydrogen-bond acceptors (Lipinski definition) is 5. The van der Waals surface area contributed by atoms with Gasteiger partial charge in [-0.05, 0) is 31.7 Å². The Hall–Kier alpha value is -2.22. The zero-order chi connectivity index (χ0) is 18.7. The molecule has 142 valence electrons. The highest BCUT2D eigenvalue weighted by atomic mass is 16.5. The van der Waals surface area contributed by atoms with Crippen molar-refractivity contribution in [2.75, 3.05) is 39.9 Å². The third kappa shape index (κ3) is 3.51. The van der Waals surface area contributed by atoms with E-state index in [0.717, 1.165) is 19.4 Å². The number of hydrogen-bond donors (Lipinski definition) is 1. The van der Waals surface area contributed by atoms with Crippen molar-refractivity contribution < 1.29 is 19.1 Å². The van der Waals surface area contributed by atoms with Gasteiger partial charge in [0.2, 0.25) is 5.91 Å². The van der Waals surface area contributed by atoms with E-state index >= 15 is 0 Å². The maximum Gasteiger partial charge on any atom is 0.271 e. The van der Waals surface area contributed by atoms with Crippen LogP contribution in [0.4, 0.5) is 0 Å². The average molecular weight is 362 g/mol. The van der Waals surface area contributed by atoms with Crippen molar-refractivity contribution >= 4 is 17.6 Å². The van der Waals surface area contributed by atoms with Crippen molar-refractivity contribution in [3.8, 4) is 0 Å². The Morgan fingerprint density at radius 1 is 1.27 bits per heavy atom. The Balaban J connectivity index is 1.63. The molecule has 3 heterocycles. The van der Waals surface area contributed by atoms with Gasteiger partial charge in [-0.25, -0.2) is 0 Å². The molecule has 3 rings (SSSR count). The van der Waals surface area contributed by atoms with Gasteiger partial charge in [-0.1, -0.05) is 0 Å². The van der Waals surface area contributed by atoms with Crippen molar-refractivity contribution in [2.45, 2.75) is 32.6 Å². The summed E-state index contributed by atoms with van der Waals surface area (Å²) in [5.74, 6) is -0.144. The third-order valence-corrected chi connectivity index (χ3v) is 5.57. The number of nitrogens with one attached hydrogen (secondary N) is 1. The molecule has 1 N–H and O–H groups in total. The molecule has 2 fully saturated rings. The molecule has 26 heavy (non-hydrogen) atoms. The molecule has 2 saturated heterocycles. The summed E-state index contributed by atoms with van der Waals surface area (Å²) in [5.41, 5.74) is 0.238. The van der Waals surface area contributed by atoms with Gasteiger partial charge in [0.25, 0.3) is 5.91 Å². The van der Waals surface area contributed by atoms with Crippen LogP contribution in [-0.4, -0.2) is 77.5 Å². The fraction of sp³-hybridized carbons (Fsp3) is 0.667. The Morgan fingerprint density at radius 3 is 2.62 bits per heavy atom. The van der Waals surface area contributed by atoms with E-state index in [1.165, 1.54) is 13.0 Å². The van der Waals surface area contributed by atoms with Crippen LogP contribution in [0.15, 0.2) is 6.07 Å². The SMILES string of the molecule is COCCN1CCCC2(CCN(C(=O)c3cc(C(C)=O)n[nH]3)CC2)C1=O. The number of piperidine rings is 2. The zero-order valence-corrected chi connectivity index (χ0v) is 15.4. The summed E-state index contributed by atoms with van der Waals surface area (Å²) < 4.78 is 5.10. The molecule has 0 aromatic carbocycles. The summed E-state index contributed by atoms with van der Waals surface area (Å²) >= 11 is 0. The number of nitrogens with zero attached hydrogens (tertiary/aromatic N) is 3. The number of H-pyrrole nitrogens is 1. The topological polar surface area (TPSA) is 95.6 Å². The van der Waals surface area contributed by atoms with Crippen LogP contribution in [0.5, 0.6) is 0 Å². The number of rotatable bonds is 5. The first-order chi connectivity index (χ1) is 12.5. The van der Waals surface area contributed by atoms with Crippen LogP contribution < -0.4 is 0 Å². The molecule has 1 spiro atoms. The average Bonchev–Trinajstić information content (AvgIpc) is 3.14. The van der Waals surface area contributed by atoms with Crippen LogP contribution in [0.2, 0.25) is 0 Å². The Morgan fingerprint density at radius 2 is 2.00 bits per heavy atom. The summed E-state index contributed by atoms with van der Waals surface area (Å²) in [6.45, 7) is 4.45. The monoisotopic (exact) mass is 362 g/mol. The van der Waals surface area contributed by atoms with Gasteiger partial charge >= 0.3 is 0 Å². The molecular weight excluding hydrogens is 336 g/mol. The fourth-order valence-corrected chi connectivity index (χ4v) is 3.95. The number of likely N-dealkylation sites (tertiary alicyclic amines) is 2.